The Bertz CT molecular complexity index is 853. The van der Waals surface area contributed by atoms with Gasteiger partial charge in [-0.15, -0.1) is 0 Å². The van der Waals surface area contributed by atoms with Crippen LogP contribution in [-0.4, -0.2) is 35.2 Å². The van der Waals surface area contributed by atoms with Crippen molar-refractivity contribution in [2.24, 2.45) is 0 Å². The first-order valence-corrected chi connectivity index (χ1v) is 8.83. The van der Waals surface area contributed by atoms with Crippen molar-refractivity contribution in [2.75, 3.05) is 13.1 Å². The number of benzene rings is 2. The number of carbonyl (C=O) groups excluding carboxylic acids is 1. The number of hydrogen-bond acceptors (Lipinski definition) is 4. The number of piperidine rings is 1. The van der Waals surface area contributed by atoms with E-state index in [4.69, 9.17) is 9.26 Å². The average Bonchev–Trinajstić information content (AvgIpc) is 3.20. The predicted octanol–water partition coefficient (Wildman–Crippen LogP) is 4.03. The lowest BCUT2D eigenvalue weighted by molar-refractivity contribution is 0.0586. The first-order valence-electron chi connectivity index (χ1n) is 8.83. The van der Waals surface area contributed by atoms with Crippen molar-refractivity contribution in [3.8, 4) is 17.1 Å². The van der Waals surface area contributed by atoms with E-state index in [0.717, 1.165) is 24.2 Å². The first kappa shape index (κ1) is 16.4. The van der Waals surface area contributed by atoms with Gasteiger partial charge in [-0.3, -0.25) is 4.79 Å². The second-order valence-electron chi connectivity index (χ2n) is 6.36. The van der Waals surface area contributed by atoms with Crippen LogP contribution in [-0.2, 0) is 0 Å². The van der Waals surface area contributed by atoms with Crippen molar-refractivity contribution in [3.63, 3.8) is 0 Å². The molecule has 0 radical (unpaired) electrons. The lowest BCUT2D eigenvalue weighted by atomic mass is 10.1. The summed E-state index contributed by atoms with van der Waals surface area (Å²) in [5.74, 6) is 1.40. The fourth-order valence-corrected chi connectivity index (χ4v) is 3.14. The molecular weight excluding hydrogens is 328 g/mol. The summed E-state index contributed by atoms with van der Waals surface area (Å²) in [6, 6.07) is 21.2. The summed E-state index contributed by atoms with van der Waals surface area (Å²) < 4.78 is 11.3. The molecule has 0 unspecified atom stereocenters. The van der Waals surface area contributed by atoms with Gasteiger partial charge in [-0.2, -0.15) is 0 Å². The predicted molar refractivity (Wildman–Crippen MR) is 97.9 cm³/mol. The second-order valence-corrected chi connectivity index (χ2v) is 6.36. The molecule has 1 amide bonds. The van der Waals surface area contributed by atoms with E-state index in [0.29, 0.717) is 24.5 Å². The molecule has 0 spiro atoms. The van der Waals surface area contributed by atoms with Crippen LogP contribution >= 0.6 is 0 Å². The molecule has 2 aromatic carbocycles. The van der Waals surface area contributed by atoms with Crippen LogP contribution in [0.3, 0.4) is 0 Å². The van der Waals surface area contributed by atoms with E-state index >= 15 is 0 Å². The molecule has 2 heterocycles. The summed E-state index contributed by atoms with van der Waals surface area (Å²) in [6.07, 6.45) is 1.76. The molecule has 3 aromatic rings. The third-order valence-corrected chi connectivity index (χ3v) is 4.56. The number of rotatable bonds is 4. The Kier molecular flexibility index (Phi) is 4.69. The average molecular weight is 348 g/mol. The fourth-order valence-electron chi connectivity index (χ4n) is 3.14. The van der Waals surface area contributed by atoms with Gasteiger partial charge in [-0.05, 0) is 12.1 Å². The van der Waals surface area contributed by atoms with Crippen molar-refractivity contribution in [3.05, 3.63) is 72.4 Å². The monoisotopic (exact) mass is 348 g/mol. The topological polar surface area (TPSA) is 55.6 Å². The minimum Gasteiger partial charge on any atom is -0.490 e. The summed E-state index contributed by atoms with van der Waals surface area (Å²) in [5.41, 5.74) is 1.26. The molecule has 132 valence electrons. The molecule has 4 rings (SSSR count). The number of hydrogen-bond donors (Lipinski definition) is 0. The molecule has 1 aliphatic rings. The van der Waals surface area contributed by atoms with Crippen LogP contribution in [0.2, 0.25) is 0 Å². The van der Waals surface area contributed by atoms with E-state index in [2.05, 4.69) is 5.16 Å². The number of para-hydroxylation sites is 1. The molecule has 1 saturated heterocycles. The van der Waals surface area contributed by atoms with Crippen LogP contribution in [0.1, 0.15) is 23.3 Å². The van der Waals surface area contributed by atoms with Gasteiger partial charge in [-0.25, -0.2) is 0 Å². The van der Waals surface area contributed by atoms with Gasteiger partial charge in [0.1, 0.15) is 11.9 Å². The first-order chi connectivity index (χ1) is 12.8. The second kappa shape index (κ2) is 7.44. The van der Waals surface area contributed by atoms with Gasteiger partial charge in [-0.1, -0.05) is 53.7 Å². The minimum atomic E-state index is -0.0888. The molecule has 0 saturated carbocycles. The van der Waals surface area contributed by atoms with Crippen molar-refractivity contribution < 1.29 is 14.1 Å². The van der Waals surface area contributed by atoms with Crippen LogP contribution in [0.25, 0.3) is 11.3 Å². The lowest BCUT2D eigenvalue weighted by Gasteiger charge is -2.31. The van der Waals surface area contributed by atoms with Gasteiger partial charge in [0, 0.05) is 37.6 Å². The van der Waals surface area contributed by atoms with Crippen molar-refractivity contribution in [1.29, 1.82) is 0 Å². The van der Waals surface area contributed by atoms with Crippen LogP contribution in [0, 0.1) is 0 Å². The zero-order valence-corrected chi connectivity index (χ0v) is 14.4. The molecule has 1 aliphatic heterocycles. The summed E-state index contributed by atoms with van der Waals surface area (Å²) in [7, 11) is 0. The van der Waals surface area contributed by atoms with Crippen LogP contribution in [0.15, 0.2) is 71.3 Å². The number of nitrogens with zero attached hydrogens (tertiary/aromatic N) is 2. The van der Waals surface area contributed by atoms with Crippen molar-refractivity contribution >= 4 is 5.91 Å². The largest absolute Gasteiger partial charge is 0.490 e. The summed E-state index contributed by atoms with van der Waals surface area (Å²) in [5, 5.41) is 3.96. The Morgan fingerprint density at radius 3 is 2.35 bits per heavy atom. The maximum Gasteiger partial charge on any atom is 0.276 e. The highest BCUT2D eigenvalue weighted by Gasteiger charge is 2.26. The molecule has 5 heteroatoms. The number of aromatic nitrogens is 1. The summed E-state index contributed by atoms with van der Waals surface area (Å²) >= 11 is 0. The van der Waals surface area contributed by atoms with E-state index in [1.807, 2.05) is 65.6 Å². The fraction of sp³-hybridized carbons (Fsp3) is 0.238. The highest BCUT2D eigenvalue weighted by molar-refractivity contribution is 5.93. The van der Waals surface area contributed by atoms with E-state index in [1.165, 1.54) is 0 Å². The SMILES string of the molecule is O=C(c1cc(-c2ccccc2)on1)N1CCC(Oc2ccccc2)CC1. The van der Waals surface area contributed by atoms with Crippen molar-refractivity contribution in [1.82, 2.24) is 10.1 Å². The summed E-state index contributed by atoms with van der Waals surface area (Å²) in [6.45, 7) is 1.31. The molecule has 0 aliphatic carbocycles. The van der Waals surface area contributed by atoms with Crippen LogP contribution < -0.4 is 4.74 Å². The molecular formula is C21H20N2O3. The quantitative estimate of drug-likeness (QED) is 0.714. The van der Waals surface area contributed by atoms with Gasteiger partial charge >= 0.3 is 0 Å². The van der Waals surface area contributed by atoms with Gasteiger partial charge in [0.25, 0.3) is 5.91 Å². The summed E-state index contributed by atoms with van der Waals surface area (Å²) in [4.78, 5) is 14.5. The maximum absolute atomic E-state index is 12.7. The van der Waals surface area contributed by atoms with Gasteiger partial charge in [0.05, 0.1) is 0 Å². The number of likely N-dealkylation sites (tertiary alicyclic amines) is 1. The van der Waals surface area contributed by atoms with Gasteiger partial charge < -0.3 is 14.2 Å². The third-order valence-electron chi connectivity index (χ3n) is 4.56. The Morgan fingerprint density at radius 1 is 1.00 bits per heavy atom. The molecule has 0 bridgehead atoms. The van der Waals surface area contributed by atoms with E-state index in [-0.39, 0.29) is 12.0 Å². The van der Waals surface area contributed by atoms with E-state index in [9.17, 15) is 4.79 Å². The molecule has 26 heavy (non-hydrogen) atoms. The highest BCUT2D eigenvalue weighted by Crippen LogP contribution is 2.23. The number of amides is 1. The minimum absolute atomic E-state index is 0.0888. The molecule has 0 atom stereocenters. The molecule has 0 N–H and O–H groups in total. The van der Waals surface area contributed by atoms with Crippen molar-refractivity contribution in [2.45, 2.75) is 18.9 Å². The van der Waals surface area contributed by atoms with Crippen LogP contribution in [0.4, 0.5) is 0 Å². The Balaban J connectivity index is 1.36. The lowest BCUT2D eigenvalue weighted by Crippen LogP contribution is -2.41. The molecule has 1 aromatic heterocycles. The smallest absolute Gasteiger partial charge is 0.276 e. The van der Waals surface area contributed by atoms with E-state index < -0.39 is 0 Å². The van der Waals surface area contributed by atoms with Gasteiger partial charge in [0.15, 0.2) is 11.5 Å². The zero-order valence-electron chi connectivity index (χ0n) is 14.4. The van der Waals surface area contributed by atoms with Gasteiger partial charge in [0.2, 0.25) is 0 Å². The number of ether oxygens (including phenoxy) is 1. The Labute approximate surface area is 152 Å². The standard InChI is InChI=1S/C21H20N2O3/c24-21(19-15-20(26-22-19)16-7-3-1-4-8-16)23-13-11-18(12-14-23)25-17-9-5-2-6-10-17/h1-10,15,18H,11-14H2. The molecule has 5 nitrogen and oxygen atoms in total. The Hall–Kier alpha value is -3.08. The normalized spacial score (nSPS) is 15.0. The highest BCUT2D eigenvalue weighted by atomic mass is 16.5. The zero-order chi connectivity index (χ0) is 17.8. The third kappa shape index (κ3) is 3.61. The number of carbonyl (C=O) groups is 1. The Morgan fingerprint density at radius 2 is 1.65 bits per heavy atom. The molecule has 1 fully saturated rings. The van der Waals surface area contributed by atoms with E-state index in [1.54, 1.807) is 6.07 Å². The maximum atomic E-state index is 12.7. The van der Waals surface area contributed by atoms with Crippen LogP contribution in [0.5, 0.6) is 5.75 Å².